The van der Waals surface area contributed by atoms with E-state index >= 15 is 0 Å². The maximum Gasteiger partial charge on any atom is 0.253 e. The summed E-state index contributed by atoms with van der Waals surface area (Å²) in [5, 5.41) is 13.3. The van der Waals surface area contributed by atoms with Gasteiger partial charge in [-0.3, -0.25) is 4.79 Å². The average molecular weight is 315 g/mol. The molecule has 1 amide bonds. The minimum Gasteiger partial charge on any atom is -0.392 e. The maximum absolute atomic E-state index is 12.3. The Hall–Kier alpha value is -2.30. The summed E-state index contributed by atoms with van der Waals surface area (Å²) in [4.78, 5) is 15.4. The van der Waals surface area contributed by atoms with Crippen molar-refractivity contribution < 1.29 is 9.90 Å². The van der Waals surface area contributed by atoms with Gasteiger partial charge in [-0.1, -0.05) is 35.9 Å². The summed E-state index contributed by atoms with van der Waals surface area (Å²) < 4.78 is 0. The van der Waals surface area contributed by atoms with Gasteiger partial charge in [-0.2, -0.15) is 0 Å². The number of aliphatic hydroxyl groups excluding tert-OH is 1. The van der Waals surface area contributed by atoms with E-state index in [1.165, 1.54) is 0 Å². The number of amides is 1. The van der Waals surface area contributed by atoms with Crippen LogP contribution in [0.5, 0.6) is 0 Å². The standard InChI is InChI=1S/C17H15ClN2O2/c18-13-5-6-16-14(7-13)15(9-19-16)17(22)20-8-11-1-3-12(10-21)4-2-11/h1-7,9,19,21H,8,10H2,(H,20,22). The van der Waals surface area contributed by atoms with E-state index in [0.717, 1.165) is 22.0 Å². The third-order valence-corrected chi connectivity index (χ3v) is 3.78. The van der Waals surface area contributed by atoms with Crippen molar-refractivity contribution >= 4 is 28.4 Å². The van der Waals surface area contributed by atoms with Crippen LogP contribution in [0.4, 0.5) is 0 Å². The summed E-state index contributed by atoms with van der Waals surface area (Å²) in [6, 6.07) is 12.9. The van der Waals surface area contributed by atoms with Crippen LogP contribution in [-0.2, 0) is 13.2 Å². The number of fused-ring (bicyclic) bond motifs is 1. The number of carbonyl (C=O) groups is 1. The van der Waals surface area contributed by atoms with Crippen LogP contribution in [0.1, 0.15) is 21.5 Å². The monoisotopic (exact) mass is 314 g/mol. The maximum atomic E-state index is 12.3. The van der Waals surface area contributed by atoms with Gasteiger partial charge in [-0.25, -0.2) is 0 Å². The average Bonchev–Trinajstić information content (AvgIpc) is 2.96. The van der Waals surface area contributed by atoms with Gasteiger partial charge in [-0.15, -0.1) is 0 Å². The quantitative estimate of drug-likeness (QED) is 0.692. The lowest BCUT2D eigenvalue weighted by Gasteiger charge is -2.05. The van der Waals surface area contributed by atoms with Gasteiger partial charge in [0.25, 0.3) is 5.91 Å². The van der Waals surface area contributed by atoms with Crippen molar-refractivity contribution in [2.45, 2.75) is 13.2 Å². The Morgan fingerprint density at radius 2 is 1.86 bits per heavy atom. The first-order valence-electron chi connectivity index (χ1n) is 6.91. The van der Waals surface area contributed by atoms with Crippen molar-refractivity contribution in [1.82, 2.24) is 10.3 Å². The van der Waals surface area contributed by atoms with Gasteiger partial charge in [0.05, 0.1) is 12.2 Å². The van der Waals surface area contributed by atoms with Crippen LogP contribution in [0, 0.1) is 0 Å². The van der Waals surface area contributed by atoms with E-state index in [2.05, 4.69) is 10.3 Å². The van der Waals surface area contributed by atoms with Crippen LogP contribution in [-0.4, -0.2) is 16.0 Å². The topological polar surface area (TPSA) is 65.1 Å². The third kappa shape index (κ3) is 2.98. The summed E-state index contributed by atoms with van der Waals surface area (Å²) >= 11 is 5.99. The van der Waals surface area contributed by atoms with Crippen molar-refractivity contribution in [3.05, 3.63) is 70.4 Å². The number of hydrogen-bond acceptors (Lipinski definition) is 2. The molecular formula is C17H15ClN2O2. The van der Waals surface area contributed by atoms with Gasteiger partial charge in [0.15, 0.2) is 0 Å². The molecule has 0 aliphatic heterocycles. The van der Waals surface area contributed by atoms with E-state index in [4.69, 9.17) is 16.7 Å². The molecule has 0 radical (unpaired) electrons. The zero-order chi connectivity index (χ0) is 15.5. The minimum atomic E-state index is -0.153. The Labute approximate surface area is 132 Å². The molecule has 0 aliphatic carbocycles. The number of halogens is 1. The molecule has 0 saturated heterocycles. The number of benzene rings is 2. The molecule has 0 unspecified atom stereocenters. The van der Waals surface area contributed by atoms with Gasteiger partial charge in [-0.05, 0) is 29.3 Å². The number of aliphatic hydroxyl groups is 1. The molecule has 1 heterocycles. The van der Waals surface area contributed by atoms with E-state index in [-0.39, 0.29) is 12.5 Å². The highest BCUT2D eigenvalue weighted by Gasteiger charge is 2.12. The molecule has 0 saturated carbocycles. The van der Waals surface area contributed by atoms with Gasteiger partial charge in [0.2, 0.25) is 0 Å². The van der Waals surface area contributed by atoms with E-state index in [9.17, 15) is 4.79 Å². The number of aromatic nitrogens is 1. The molecule has 3 N–H and O–H groups in total. The SMILES string of the molecule is O=C(NCc1ccc(CO)cc1)c1c[nH]c2ccc(Cl)cc12. The summed E-state index contributed by atoms with van der Waals surface area (Å²) in [5.41, 5.74) is 3.27. The Bertz CT molecular complexity index is 809. The normalized spacial score (nSPS) is 10.8. The number of aromatic amines is 1. The lowest BCUT2D eigenvalue weighted by atomic mass is 10.1. The van der Waals surface area contributed by atoms with E-state index in [0.29, 0.717) is 17.1 Å². The number of rotatable bonds is 4. The lowest BCUT2D eigenvalue weighted by molar-refractivity contribution is 0.0952. The Morgan fingerprint density at radius 3 is 2.59 bits per heavy atom. The van der Waals surface area contributed by atoms with Crippen molar-refractivity contribution in [3.63, 3.8) is 0 Å². The molecule has 0 bridgehead atoms. The second-order valence-corrected chi connectivity index (χ2v) is 5.49. The molecule has 1 aromatic heterocycles. The zero-order valence-electron chi connectivity index (χ0n) is 11.8. The molecule has 0 spiro atoms. The van der Waals surface area contributed by atoms with Gasteiger partial charge in [0.1, 0.15) is 0 Å². The number of H-pyrrole nitrogens is 1. The molecule has 5 heteroatoms. The van der Waals surface area contributed by atoms with Crippen molar-refractivity contribution in [2.75, 3.05) is 0 Å². The van der Waals surface area contributed by atoms with Crippen molar-refractivity contribution in [2.24, 2.45) is 0 Å². The Balaban J connectivity index is 1.74. The number of hydrogen-bond donors (Lipinski definition) is 3. The molecule has 0 atom stereocenters. The molecule has 2 aromatic carbocycles. The molecule has 3 aromatic rings. The summed E-state index contributed by atoms with van der Waals surface area (Å²) in [6.45, 7) is 0.445. The largest absolute Gasteiger partial charge is 0.392 e. The zero-order valence-corrected chi connectivity index (χ0v) is 12.5. The first-order chi connectivity index (χ1) is 10.7. The second-order valence-electron chi connectivity index (χ2n) is 5.05. The highest BCUT2D eigenvalue weighted by atomic mass is 35.5. The predicted molar refractivity (Wildman–Crippen MR) is 86.8 cm³/mol. The lowest BCUT2D eigenvalue weighted by Crippen LogP contribution is -2.22. The van der Waals surface area contributed by atoms with E-state index in [1.54, 1.807) is 18.3 Å². The number of nitrogens with one attached hydrogen (secondary N) is 2. The van der Waals surface area contributed by atoms with Crippen LogP contribution < -0.4 is 5.32 Å². The van der Waals surface area contributed by atoms with Gasteiger partial charge in [0, 0.05) is 28.7 Å². The van der Waals surface area contributed by atoms with E-state index < -0.39 is 0 Å². The number of carbonyl (C=O) groups excluding carboxylic acids is 1. The third-order valence-electron chi connectivity index (χ3n) is 3.55. The van der Waals surface area contributed by atoms with Crippen LogP contribution in [0.3, 0.4) is 0 Å². The summed E-state index contributed by atoms with van der Waals surface area (Å²) in [5.74, 6) is -0.153. The Morgan fingerprint density at radius 1 is 1.14 bits per heavy atom. The molecule has 4 nitrogen and oxygen atoms in total. The summed E-state index contributed by atoms with van der Waals surface area (Å²) in [7, 11) is 0. The Kier molecular flexibility index (Phi) is 4.13. The van der Waals surface area contributed by atoms with Crippen LogP contribution in [0.25, 0.3) is 10.9 Å². The molecule has 3 rings (SSSR count). The predicted octanol–water partition coefficient (Wildman–Crippen LogP) is 3.24. The highest BCUT2D eigenvalue weighted by Crippen LogP contribution is 2.22. The molecule has 112 valence electrons. The fourth-order valence-corrected chi connectivity index (χ4v) is 2.49. The van der Waals surface area contributed by atoms with Crippen LogP contribution in [0.2, 0.25) is 5.02 Å². The van der Waals surface area contributed by atoms with Crippen molar-refractivity contribution in [1.29, 1.82) is 0 Å². The molecule has 0 fully saturated rings. The fourth-order valence-electron chi connectivity index (χ4n) is 2.32. The molecule has 22 heavy (non-hydrogen) atoms. The second kappa shape index (κ2) is 6.22. The fraction of sp³-hybridized carbons (Fsp3) is 0.118. The first kappa shape index (κ1) is 14.6. The van der Waals surface area contributed by atoms with Crippen LogP contribution in [0.15, 0.2) is 48.7 Å². The molecule has 0 aliphatic rings. The van der Waals surface area contributed by atoms with Gasteiger partial charge < -0.3 is 15.4 Å². The molecular weight excluding hydrogens is 300 g/mol. The summed E-state index contributed by atoms with van der Waals surface area (Å²) in [6.07, 6.45) is 1.69. The van der Waals surface area contributed by atoms with E-state index in [1.807, 2.05) is 30.3 Å². The van der Waals surface area contributed by atoms with Gasteiger partial charge >= 0.3 is 0 Å². The smallest absolute Gasteiger partial charge is 0.253 e. The first-order valence-corrected chi connectivity index (χ1v) is 7.28. The van der Waals surface area contributed by atoms with Crippen molar-refractivity contribution in [3.8, 4) is 0 Å². The minimum absolute atomic E-state index is 0.0166. The van der Waals surface area contributed by atoms with Crippen LogP contribution >= 0.6 is 11.6 Å². The highest BCUT2D eigenvalue weighted by molar-refractivity contribution is 6.31.